The van der Waals surface area contributed by atoms with Gasteiger partial charge in [0.05, 0.1) is 16.7 Å². The summed E-state index contributed by atoms with van der Waals surface area (Å²) in [6.07, 6.45) is 6.66. The monoisotopic (exact) mass is 357 g/mol. The molecule has 1 saturated heterocycles. The van der Waals surface area contributed by atoms with Crippen LogP contribution in [0.15, 0.2) is 34.2 Å². The Kier molecular flexibility index (Phi) is 4.79. The first-order valence-electron chi connectivity index (χ1n) is 9.16. The van der Waals surface area contributed by atoms with Crippen LogP contribution in [0.1, 0.15) is 44.6 Å². The second-order valence-electron chi connectivity index (χ2n) is 6.90. The minimum absolute atomic E-state index is 0.0258. The van der Waals surface area contributed by atoms with E-state index in [4.69, 9.17) is 0 Å². The van der Waals surface area contributed by atoms with Gasteiger partial charge in [0.25, 0.3) is 5.56 Å². The van der Waals surface area contributed by atoms with Gasteiger partial charge in [0, 0.05) is 19.1 Å². The van der Waals surface area contributed by atoms with Crippen molar-refractivity contribution < 1.29 is 4.79 Å². The minimum atomic E-state index is 0.0258. The minimum Gasteiger partial charge on any atom is -0.342 e. The predicted octanol–water partition coefficient (Wildman–Crippen LogP) is 3.23. The molecule has 4 rings (SSSR count). The molecule has 25 heavy (non-hydrogen) atoms. The molecule has 1 aliphatic heterocycles. The number of aromatic nitrogens is 2. The molecule has 2 fully saturated rings. The number of carbonyl (C=O) groups is 1. The van der Waals surface area contributed by atoms with Crippen molar-refractivity contribution in [1.82, 2.24) is 14.5 Å². The van der Waals surface area contributed by atoms with Crippen molar-refractivity contribution in [3.8, 4) is 0 Å². The van der Waals surface area contributed by atoms with Crippen molar-refractivity contribution in [2.75, 3.05) is 18.8 Å². The van der Waals surface area contributed by atoms with Crippen molar-refractivity contribution in [3.05, 3.63) is 34.6 Å². The zero-order valence-electron chi connectivity index (χ0n) is 14.3. The topological polar surface area (TPSA) is 55.2 Å². The zero-order chi connectivity index (χ0) is 17.2. The molecule has 0 unspecified atom stereocenters. The van der Waals surface area contributed by atoms with E-state index in [2.05, 4.69) is 4.98 Å². The lowest BCUT2D eigenvalue weighted by Crippen LogP contribution is -2.33. The van der Waals surface area contributed by atoms with Gasteiger partial charge in [-0.3, -0.25) is 14.2 Å². The van der Waals surface area contributed by atoms with Crippen LogP contribution in [0.2, 0.25) is 0 Å². The van der Waals surface area contributed by atoms with E-state index < -0.39 is 0 Å². The van der Waals surface area contributed by atoms with Gasteiger partial charge in [-0.2, -0.15) is 0 Å². The Bertz CT molecular complexity index is 836. The van der Waals surface area contributed by atoms with E-state index in [0.29, 0.717) is 21.8 Å². The largest absolute Gasteiger partial charge is 0.342 e. The Morgan fingerprint density at radius 2 is 1.84 bits per heavy atom. The summed E-state index contributed by atoms with van der Waals surface area (Å²) in [5.41, 5.74) is 0.743. The van der Waals surface area contributed by atoms with Gasteiger partial charge < -0.3 is 4.90 Å². The third-order valence-electron chi connectivity index (χ3n) is 4.97. The third kappa shape index (κ3) is 3.59. The lowest BCUT2D eigenvalue weighted by atomic mass is 10.2. The van der Waals surface area contributed by atoms with Gasteiger partial charge in [-0.15, -0.1) is 0 Å². The van der Waals surface area contributed by atoms with Gasteiger partial charge in [-0.25, -0.2) is 4.98 Å². The fraction of sp³-hybridized carbons (Fsp3) is 0.526. The quantitative estimate of drug-likeness (QED) is 0.623. The van der Waals surface area contributed by atoms with Crippen molar-refractivity contribution in [3.63, 3.8) is 0 Å². The predicted molar refractivity (Wildman–Crippen MR) is 100 cm³/mol. The van der Waals surface area contributed by atoms with Gasteiger partial charge in [0.2, 0.25) is 5.91 Å². The van der Waals surface area contributed by atoms with Crippen LogP contribution < -0.4 is 5.56 Å². The number of amides is 1. The van der Waals surface area contributed by atoms with Crippen LogP contribution in [-0.2, 0) is 4.79 Å². The number of carbonyl (C=O) groups excluding carboxylic acids is 1. The Labute approximate surface area is 151 Å². The number of fused-ring (bicyclic) bond motifs is 1. The van der Waals surface area contributed by atoms with Crippen LogP contribution in [0.4, 0.5) is 0 Å². The zero-order valence-corrected chi connectivity index (χ0v) is 15.1. The summed E-state index contributed by atoms with van der Waals surface area (Å²) in [7, 11) is 0. The van der Waals surface area contributed by atoms with E-state index in [1.807, 2.05) is 33.7 Å². The van der Waals surface area contributed by atoms with Gasteiger partial charge in [-0.05, 0) is 37.8 Å². The first-order chi connectivity index (χ1) is 12.2. The van der Waals surface area contributed by atoms with Crippen LogP contribution in [0.25, 0.3) is 10.9 Å². The van der Waals surface area contributed by atoms with Crippen LogP contribution in [-0.4, -0.2) is 39.2 Å². The van der Waals surface area contributed by atoms with Crippen LogP contribution >= 0.6 is 11.8 Å². The standard InChI is InChI=1S/C19H23N3O2S/c23-17(21-11-5-1-2-6-12-21)13-25-19-20-16-8-4-3-7-15(16)18(24)22(19)14-9-10-14/h3-4,7-8,14H,1-2,5-6,9-13H2. The highest BCUT2D eigenvalue weighted by Gasteiger charge is 2.29. The first kappa shape index (κ1) is 16.6. The fourth-order valence-corrected chi connectivity index (χ4v) is 4.39. The summed E-state index contributed by atoms with van der Waals surface area (Å²) >= 11 is 1.41. The molecule has 1 aliphatic carbocycles. The molecule has 0 radical (unpaired) electrons. The molecule has 2 aliphatic rings. The smallest absolute Gasteiger partial charge is 0.262 e. The van der Waals surface area contributed by atoms with Gasteiger partial charge in [0.15, 0.2) is 5.16 Å². The van der Waals surface area contributed by atoms with E-state index in [1.165, 1.54) is 24.6 Å². The number of nitrogens with zero attached hydrogens (tertiary/aromatic N) is 3. The second-order valence-corrected chi connectivity index (χ2v) is 7.84. The molecule has 0 bridgehead atoms. The summed E-state index contributed by atoms with van der Waals surface area (Å²) in [5.74, 6) is 0.522. The molecule has 1 aromatic heterocycles. The number of para-hydroxylation sites is 1. The van der Waals surface area contributed by atoms with Crippen molar-refractivity contribution >= 4 is 28.6 Å². The molecule has 5 nitrogen and oxygen atoms in total. The van der Waals surface area contributed by atoms with Crippen molar-refractivity contribution in [2.45, 2.75) is 49.7 Å². The molecular weight excluding hydrogens is 334 g/mol. The van der Waals surface area contributed by atoms with Crippen molar-refractivity contribution in [2.24, 2.45) is 0 Å². The number of hydrogen-bond donors (Lipinski definition) is 0. The highest BCUT2D eigenvalue weighted by atomic mass is 32.2. The molecule has 6 heteroatoms. The highest BCUT2D eigenvalue weighted by molar-refractivity contribution is 7.99. The molecule has 2 heterocycles. The number of benzene rings is 1. The average Bonchev–Trinajstić information content (AvgIpc) is 3.46. The lowest BCUT2D eigenvalue weighted by Gasteiger charge is -2.20. The van der Waals surface area contributed by atoms with Gasteiger partial charge in [-0.1, -0.05) is 36.7 Å². The normalized spacial score (nSPS) is 18.3. The fourth-order valence-electron chi connectivity index (χ4n) is 3.42. The van der Waals surface area contributed by atoms with Gasteiger partial charge in [0.1, 0.15) is 0 Å². The molecule has 0 N–H and O–H groups in total. The van der Waals surface area contributed by atoms with Crippen LogP contribution in [0, 0.1) is 0 Å². The van der Waals surface area contributed by atoms with E-state index in [0.717, 1.165) is 38.8 Å². The Morgan fingerprint density at radius 1 is 1.12 bits per heavy atom. The SMILES string of the molecule is O=C(CSc1nc2ccccc2c(=O)n1C1CC1)N1CCCCCC1. The summed E-state index contributed by atoms with van der Waals surface area (Å²) in [6.45, 7) is 1.72. The molecule has 1 amide bonds. The first-order valence-corrected chi connectivity index (χ1v) is 10.1. The van der Waals surface area contributed by atoms with Crippen LogP contribution in [0.3, 0.4) is 0 Å². The maximum atomic E-state index is 12.8. The molecule has 1 saturated carbocycles. The summed E-state index contributed by atoms with van der Waals surface area (Å²) in [4.78, 5) is 32.1. The Morgan fingerprint density at radius 3 is 2.56 bits per heavy atom. The maximum Gasteiger partial charge on any atom is 0.262 e. The number of hydrogen-bond acceptors (Lipinski definition) is 4. The molecular formula is C19H23N3O2S. The average molecular weight is 357 g/mol. The highest BCUT2D eigenvalue weighted by Crippen LogP contribution is 2.36. The Balaban J connectivity index is 1.57. The van der Waals surface area contributed by atoms with Crippen molar-refractivity contribution in [1.29, 1.82) is 0 Å². The van der Waals surface area contributed by atoms with Gasteiger partial charge >= 0.3 is 0 Å². The van der Waals surface area contributed by atoms with E-state index in [1.54, 1.807) is 0 Å². The summed E-state index contributed by atoms with van der Waals surface area (Å²) in [5, 5.41) is 1.35. The van der Waals surface area contributed by atoms with E-state index >= 15 is 0 Å². The third-order valence-corrected chi connectivity index (χ3v) is 5.91. The summed E-state index contributed by atoms with van der Waals surface area (Å²) in [6, 6.07) is 7.72. The van der Waals surface area contributed by atoms with E-state index in [9.17, 15) is 9.59 Å². The number of thioether (sulfide) groups is 1. The maximum absolute atomic E-state index is 12.8. The second kappa shape index (κ2) is 7.20. The molecule has 0 spiro atoms. The van der Waals surface area contributed by atoms with E-state index in [-0.39, 0.29) is 17.5 Å². The lowest BCUT2D eigenvalue weighted by molar-refractivity contribution is -0.128. The Hall–Kier alpha value is -1.82. The molecule has 1 aromatic carbocycles. The molecule has 0 atom stereocenters. The van der Waals surface area contributed by atoms with Crippen LogP contribution in [0.5, 0.6) is 0 Å². The number of likely N-dealkylation sites (tertiary alicyclic amines) is 1. The summed E-state index contributed by atoms with van der Waals surface area (Å²) < 4.78 is 1.81. The molecule has 132 valence electrons. The molecule has 2 aromatic rings. The number of rotatable bonds is 4.